The standard InChI is InChI=1S/C11H10ClIN2/c1-6(2)8-4-15-11(13)9-5-14-10(12)3-7(8)9/h3-6H,1-2H3. The smallest absolute Gasteiger partial charge is 0.129 e. The van der Waals surface area contributed by atoms with E-state index in [2.05, 4.69) is 46.4 Å². The van der Waals surface area contributed by atoms with Crippen LogP contribution in [0.15, 0.2) is 18.5 Å². The van der Waals surface area contributed by atoms with Crippen molar-refractivity contribution >= 4 is 45.0 Å². The predicted molar refractivity (Wildman–Crippen MR) is 71.4 cm³/mol. The van der Waals surface area contributed by atoms with Gasteiger partial charge in [-0.3, -0.25) is 0 Å². The summed E-state index contributed by atoms with van der Waals surface area (Å²) in [6.45, 7) is 4.30. The first-order valence-corrected chi connectivity index (χ1v) is 6.15. The molecule has 0 aliphatic heterocycles. The van der Waals surface area contributed by atoms with E-state index in [1.54, 1.807) is 6.20 Å². The summed E-state index contributed by atoms with van der Waals surface area (Å²) in [7, 11) is 0. The second-order valence-corrected chi connectivity index (χ2v) is 5.12. The van der Waals surface area contributed by atoms with Crippen LogP contribution in [0, 0.1) is 3.70 Å². The van der Waals surface area contributed by atoms with Crippen molar-refractivity contribution in [3.63, 3.8) is 0 Å². The Morgan fingerprint density at radius 3 is 2.60 bits per heavy atom. The fourth-order valence-electron chi connectivity index (χ4n) is 1.56. The highest BCUT2D eigenvalue weighted by atomic mass is 127. The molecule has 0 fully saturated rings. The molecule has 0 aliphatic rings. The molecule has 0 N–H and O–H groups in total. The Kier molecular flexibility index (Phi) is 3.11. The number of rotatable bonds is 1. The third-order valence-corrected chi connectivity index (χ3v) is 3.41. The van der Waals surface area contributed by atoms with Crippen LogP contribution in [-0.2, 0) is 0 Å². The van der Waals surface area contributed by atoms with Gasteiger partial charge in [0.25, 0.3) is 0 Å². The van der Waals surface area contributed by atoms with Crippen molar-refractivity contribution in [1.29, 1.82) is 0 Å². The molecule has 0 saturated carbocycles. The van der Waals surface area contributed by atoms with Crippen LogP contribution < -0.4 is 0 Å². The van der Waals surface area contributed by atoms with Gasteiger partial charge >= 0.3 is 0 Å². The Hall–Kier alpha value is -0.420. The zero-order valence-electron chi connectivity index (χ0n) is 8.46. The first kappa shape index (κ1) is 11.1. The Balaban J connectivity index is 2.84. The molecule has 0 aliphatic carbocycles. The molecule has 2 aromatic heterocycles. The van der Waals surface area contributed by atoms with Gasteiger partial charge in [0.15, 0.2) is 0 Å². The largest absolute Gasteiger partial charge is 0.249 e. The lowest BCUT2D eigenvalue weighted by Crippen LogP contribution is -1.94. The highest BCUT2D eigenvalue weighted by molar-refractivity contribution is 14.1. The van der Waals surface area contributed by atoms with Crippen molar-refractivity contribution in [2.45, 2.75) is 19.8 Å². The molecule has 0 aromatic carbocycles. The van der Waals surface area contributed by atoms with Gasteiger partial charge in [0.1, 0.15) is 8.85 Å². The number of aromatic nitrogens is 2. The van der Waals surface area contributed by atoms with Crippen LogP contribution in [-0.4, -0.2) is 9.97 Å². The molecule has 0 bridgehead atoms. The molecule has 2 aromatic rings. The van der Waals surface area contributed by atoms with Crippen LogP contribution in [0.3, 0.4) is 0 Å². The minimum Gasteiger partial charge on any atom is -0.249 e. The monoisotopic (exact) mass is 332 g/mol. The van der Waals surface area contributed by atoms with Gasteiger partial charge < -0.3 is 0 Å². The van der Waals surface area contributed by atoms with E-state index in [1.165, 1.54) is 5.56 Å². The third-order valence-electron chi connectivity index (χ3n) is 2.34. The van der Waals surface area contributed by atoms with E-state index >= 15 is 0 Å². The molecule has 0 radical (unpaired) electrons. The Bertz CT molecular complexity index is 511. The lowest BCUT2D eigenvalue weighted by Gasteiger charge is -2.10. The molecule has 15 heavy (non-hydrogen) atoms. The van der Waals surface area contributed by atoms with Crippen molar-refractivity contribution < 1.29 is 0 Å². The summed E-state index contributed by atoms with van der Waals surface area (Å²) >= 11 is 8.13. The summed E-state index contributed by atoms with van der Waals surface area (Å²) in [6, 6.07) is 1.91. The summed E-state index contributed by atoms with van der Waals surface area (Å²) in [5.41, 5.74) is 1.22. The quantitative estimate of drug-likeness (QED) is 0.582. The van der Waals surface area contributed by atoms with Crippen molar-refractivity contribution in [3.05, 3.63) is 32.9 Å². The van der Waals surface area contributed by atoms with Crippen LogP contribution in [0.4, 0.5) is 0 Å². The van der Waals surface area contributed by atoms with E-state index in [-0.39, 0.29) is 0 Å². The van der Waals surface area contributed by atoms with Gasteiger partial charge in [-0.2, -0.15) is 0 Å². The number of nitrogens with zero attached hydrogens (tertiary/aromatic N) is 2. The third kappa shape index (κ3) is 2.08. The van der Waals surface area contributed by atoms with Crippen molar-refractivity contribution in [1.82, 2.24) is 9.97 Å². The molecule has 2 nitrogen and oxygen atoms in total. The molecular weight excluding hydrogens is 322 g/mol. The van der Waals surface area contributed by atoms with Crippen LogP contribution in [0.2, 0.25) is 5.15 Å². The number of hydrogen-bond acceptors (Lipinski definition) is 2. The summed E-state index contributed by atoms with van der Waals surface area (Å²) in [6.07, 6.45) is 3.71. The fourth-order valence-corrected chi connectivity index (χ4v) is 2.29. The highest BCUT2D eigenvalue weighted by Gasteiger charge is 2.09. The zero-order valence-corrected chi connectivity index (χ0v) is 11.4. The predicted octanol–water partition coefficient (Wildman–Crippen LogP) is 4.01. The first-order valence-electron chi connectivity index (χ1n) is 4.69. The second-order valence-electron chi connectivity index (χ2n) is 3.71. The molecular formula is C11H10ClIN2. The van der Waals surface area contributed by atoms with E-state index in [0.29, 0.717) is 11.1 Å². The molecule has 78 valence electrons. The van der Waals surface area contributed by atoms with E-state index in [1.807, 2.05) is 12.3 Å². The maximum Gasteiger partial charge on any atom is 0.129 e. The molecule has 0 saturated heterocycles. The Labute approximate surface area is 107 Å². The molecule has 0 spiro atoms. The highest BCUT2D eigenvalue weighted by Crippen LogP contribution is 2.28. The van der Waals surface area contributed by atoms with Crippen molar-refractivity contribution in [2.24, 2.45) is 0 Å². The summed E-state index contributed by atoms with van der Waals surface area (Å²) in [4.78, 5) is 8.45. The molecule has 0 atom stereocenters. The van der Waals surface area contributed by atoms with E-state index in [0.717, 1.165) is 14.5 Å². The maximum absolute atomic E-state index is 5.91. The summed E-state index contributed by atoms with van der Waals surface area (Å²) in [5.74, 6) is 0.440. The minimum atomic E-state index is 0.440. The Morgan fingerprint density at radius 1 is 1.20 bits per heavy atom. The number of pyridine rings is 2. The lowest BCUT2D eigenvalue weighted by atomic mass is 10.0. The van der Waals surface area contributed by atoms with Crippen LogP contribution in [0.1, 0.15) is 25.3 Å². The second kappa shape index (κ2) is 4.22. The number of hydrogen-bond donors (Lipinski definition) is 0. The van der Waals surface area contributed by atoms with Crippen molar-refractivity contribution in [2.75, 3.05) is 0 Å². The fraction of sp³-hybridized carbons (Fsp3) is 0.273. The summed E-state index contributed by atoms with van der Waals surface area (Å²) in [5, 5.41) is 2.77. The topological polar surface area (TPSA) is 25.8 Å². The van der Waals surface area contributed by atoms with Gasteiger partial charge in [-0.15, -0.1) is 0 Å². The molecule has 2 heterocycles. The van der Waals surface area contributed by atoms with Gasteiger partial charge in [-0.1, -0.05) is 25.4 Å². The van der Waals surface area contributed by atoms with Gasteiger partial charge in [0.2, 0.25) is 0 Å². The normalized spacial score (nSPS) is 11.3. The van der Waals surface area contributed by atoms with Crippen LogP contribution >= 0.6 is 34.2 Å². The van der Waals surface area contributed by atoms with E-state index in [9.17, 15) is 0 Å². The van der Waals surface area contributed by atoms with E-state index < -0.39 is 0 Å². The Morgan fingerprint density at radius 2 is 1.93 bits per heavy atom. The number of fused-ring (bicyclic) bond motifs is 1. The van der Waals surface area contributed by atoms with Gasteiger partial charge in [0.05, 0.1) is 0 Å². The van der Waals surface area contributed by atoms with E-state index in [4.69, 9.17) is 11.6 Å². The van der Waals surface area contributed by atoms with Gasteiger partial charge in [-0.05, 0) is 45.5 Å². The van der Waals surface area contributed by atoms with Crippen LogP contribution in [0.5, 0.6) is 0 Å². The lowest BCUT2D eigenvalue weighted by molar-refractivity contribution is 0.867. The summed E-state index contributed by atoms with van der Waals surface area (Å²) < 4.78 is 0.969. The number of halogens is 2. The molecule has 2 rings (SSSR count). The minimum absolute atomic E-state index is 0.440. The SMILES string of the molecule is CC(C)c1cnc(I)c2cnc(Cl)cc12. The average molecular weight is 333 g/mol. The molecule has 0 unspecified atom stereocenters. The van der Waals surface area contributed by atoms with Crippen LogP contribution in [0.25, 0.3) is 10.8 Å². The first-order chi connectivity index (χ1) is 7.09. The molecule has 4 heteroatoms. The maximum atomic E-state index is 5.91. The van der Waals surface area contributed by atoms with Crippen molar-refractivity contribution in [3.8, 4) is 0 Å². The van der Waals surface area contributed by atoms with Gasteiger partial charge in [0, 0.05) is 17.8 Å². The zero-order chi connectivity index (χ0) is 11.0. The molecule has 0 amide bonds. The van der Waals surface area contributed by atoms with Gasteiger partial charge in [-0.25, -0.2) is 9.97 Å². The average Bonchev–Trinajstić information content (AvgIpc) is 2.17.